The zero-order valence-corrected chi connectivity index (χ0v) is 18.7. The first-order chi connectivity index (χ1) is 15.3. The maximum Gasteiger partial charge on any atom is 0.166 e. The predicted molar refractivity (Wildman–Crippen MR) is 126 cm³/mol. The molecular formula is C25H30N4OS. The lowest BCUT2D eigenvalue weighted by molar-refractivity contribution is 0.0545. The van der Waals surface area contributed by atoms with Crippen LogP contribution in [-0.4, -0.2) is 54.0 Å². The summed E-state index contributed by atoms with van der Waals surface area (Å²) in [5, 5.41) is 16.4. The topological polar surface area (TPSA) is 50.3 Å². The maximum atomic E-state index is 5.53. The molecule has 0 spiro atoms. The number of hydrogen-bond acceptors (Lipinski definition) is 6. The summed E-state index contributed by atoms with van der Waals surface area (Å²) in [4.78, 5) is 2.73. The van der Waals surface area contributed by atoms with Gasteiger partial charge in [0.1, 0.15) is 5.69 Å². The minimum Gasteiger partial charge on any atom is -0.381 e. The van der Waals surface area contributed by atoms with Crippen molar-refractivity contribution in [3.63, 3.8) is 0 Å². The van der Waals surface area contributed by atoms with Crippen molar-refractivity contribution in [3.8, 4) is 11.3 Å². The first kappa shape index (κ1) is 19.6. The summed E-state index contributed by atoms with van der Waals surface area (Å²) < 4.78 is 6.76. The molecule has 1 aromatic carbocycles. The average Bonchev–Trinajstić information content (AvgIpc) is 3.51. The minimum absolute atomic E-state index is 0.516. The van der Waals surface area contributed by atoms with Crippen molar-refractivity contribution in [2.75, 3.05) is 38.2 Å². The molecule has 2 aromatic heterocycles. The van der Waals surface area contributed by atoms with Crippen LogP contribution in [0.25, 0.3) is 21.3 Å². The van der Waals surface area contributed by atoms with E-state index < -0.39 is 0 Å². The summed E-state index contributed by atoms with van der Waals surface area (Å²) in [7, 11) is 0. The molecule has 1 aliphatic carbocycles. The van der Waals surface area contributed by atoms with Gasteiger partial charge in [-0.1, -0.05) is 30.3 Å². The van der Waals surface area contributed by atoms with Gasteiger partial charge in [0.25, 0.3) is 0 Å². The summed E-state index contributed by atoms with van der Waals surface area (Å²) in [5.41, 5.74) is 2.11. The van der Waals surface area contributed by atoms with E-state index in [9.17, 15) is 0 Å². The van der Waals surface area contributed by atoms with Crippen molar-refractivity contribution in [3.05, 3.63) is 41.8 Å². The Bertz CT molecular complexity index is 1020. The Kier molecular flexibility index (Phi) is 5.38. The molecule has 3 atom stereocenters. The second-order valence-electron chi connectivity index (χ2n) is 9.53. The second kappa shape index (κ2) is 8.49. The normalized spacial score (nSPS) is 27.0. The van der Waals surface area contributed by atoms with Crippen LogP contribution < -0.4 is 5.32 Å². The number of ether oxygens (including phenoxy) is 1. The van der Waals surface area contributed by atoms with Gasteiger partial charge in [-0.25, -0.2) is 0 Å². The zero-order valence-electron chi connectivity index (χ0n) is 17.9. The van der Waals surface area contributed by atoms with E-state index in [-0.39, 0.29) is 0 Å². The van der Waals surface area contributed by atoms with Crippen molar-refractivity contribution in [2.24, 2.45) is 17.8 Å². The molecule has 0 radical (unpaired) electrons. The molecule has 31 heavy (non-hydrogen) atoms. The number of likely N-dealkylation sites (tertiary alicyclic amines) is 1. The quantitative estimate of drug-likeness (QED) is 0.618. The molecule has 2 aliphatic heterocycles. The number of thiophene rings is 1. The number of anilines is 1. The van der Waals surface area contributed by atoms with Gasteiger partial charge in [-0.2, -0.15) is 0 Å². The highest BCUT2D eigenvalue weighted by Crippen LogP contribution is 2.41. The van der Waals surface area contributed by atoms with Crippen molar-refractivity contribution in [1.29, 1.82) is 0 Å². The highest BCUT2D eigenvalue weighted by molar-refractivity contribution is 7.17. The van der Waals surface area contributed by atoms with E-state index in [1.807, 2.05) is 6.07 Å². The van der Waals surface area contributed by atoms with Gasteiger partial charge in [0.2, 0.25) is 0 Å². The van der Waals surface area contributed by atoms with E-state index in [2.05, 4.69) is 56.1 Å². The van der Waals surface area contributed by atoms with Gasteiger partial charge in [0, 0.05) is 49.8 Å². The molecule has 162 valence electrons. The fourth-order valence-electron chi connectivity index (χ4n) is 5.93. The Balaban J connectivity index is 1.12. The Morgan fingerprint density at radius 3 is 2.55 bits per heavy atom. The molecule has 5 nitrogen and oxygen atoms in total. The molecule has 4 heterocycles. The highest BCUT2D eigenvalue weighted by Gasteiger charge is 2.41. The molecule has 6 rings (SSSR count). The van der Waals surface area contributed by atoms with Crippen LogP contribution in [0.4, 0.5) is 5.82 Å². The lowest BCUT2D eigenvalue weighted by Gasteiger charge is -2.27. The van der Waals surface area contributed by atoms with Gasteiger partial charge >= 0.3 is 0 Å². The number of fused-ring (bicyclic) bond motifs is 2. The fraction of sp³-hybridized carbons (Fsp3) is 0.520. The van der Waals surface area contributed by atoms with Gasteiger partial charge in [-0.15, -0.1) is 21.5 Å². The number of rotatable bonds is 5. The molecule has 3 aliphatic rings. The van der Waals surface area contributed by atoms with Crippen molar-refractivity contribution >= 4 is 27.2 Å². The van der Waals surface area contributed by atoms with Crippen LogP contribution in [0.3, 0.4) is 0 Å². The van der Waals surface area contributed by atoms with Crippen LogP contribution >= 0.6 is 11.3 Å². The smallest absolute Gasteiger partial charge is 0.166 e. The highest BCUT2D eigenvalue weighted by atomic mass is 32.1. The van der Waals surface area contributed by atoms with Crippen molar-refractivity contribution < 1.29 is 4.74 Å². The van der Waals surface area contributed by atoms with Gasteiger partial charge in [-0.3, -0.25) is 0 Å². The number of hydrogen-bond donors (Lipinski definition) is 1. The lowest BCUT2D eigenvalue weighted by Crippen LogP contribution is -2.32. The summed E-state index contributed by atoms with van der Waals surface area (Å²) in [5.74, 6) is 3.46. The molecule has 0 amide bonds. The second-order valence-corrected chi connectivity index (χ2v) is 10.4. The molecule has 2 saturated heterocycles. The third kappa shape index (κ3) is 3.97. The van der Waals surface area contributed by atoms with Crippen molar-refractivity contribution in [2.45, 2.75) is 31.7 Å². The molecule has 0 unspecified atom stereocenters. The van der Waals surface area contributed by atoms with Crippen LogP contribution in [0.1, 0.15) is 25.7 Å². The first-order valence-electron chi connectivity index (χ1n) is 11.7. The average molecular weight is 435 g/mol. The number of nitrogens with zero attached hydrogens (tertiary/aromatic N) is 3. The van der Waals surface area contributed by atoms with E-state index in [0.29, 0.717) is 6.04 Å². The van der Waals surface area contributed by atoms with Crippen LogP contribution in [0.2, 0.25) is 0 Å². The molecule has 0 bridgehead atoms. The fourth-order valence-corrected chi connectivity index (χ4v) is 6.78. The van der Waals surface area contributed by atoms with Crippen LogP contribution in [0.5, 0.6) is 0 Å². The number of nitrogens with one attached hydrogen (secondary N) is 1. The van der Waals surface area contributed by atoms with Gasteiger partial charge < -0.3 is 15.0 Å². The third-order valence-electron chi connectivity index (χ3n) is 7.46. The van der Waals surface area contributed by atoms with E-state index in [4.69, 9.17) is 4.74 Å². The Morgan fingerprint density at radius 1 is 1.00 bits per heavy atom. The minimum atomic E-state index is 0.516. The largest absolute Gasteiger partial charge is 0.381 e. The summed E-state index contributed by atoms with van der Waals surface area (Å²) in [6, 6.07) is 13.1. The maximum absolute atomic E-state index is 5.53. The number of aromatic nitrogens is 2. The number of benzene rings is 1. The SMILES string of the molecule is c1ccc(-c2nnc(N[C@H]3C[C@@H]4CN(CC5CCOCC5)C[C@@H]4C3)c3sccc23)cc1. The van der Waals surface area contributed by atoms with E-state index >= 15 is 0 Å². The predicted octanol–water partition coefficient (Wildman–Crippen LogP) is 4.91. The summed E-state index contributed by atoms with van der Waals surface area (Å²) in [6.45, 7) is 5.73. The summed E-state index contributed by atoms with van der Waals surface area (Å²) in [6.07, 6.45) is 4.99. The van der Waals surface area contributed by atoms with E-state index in [1.54, 1.807) is 11.3 Å². The summed E-state index contributed by atoms with van der Waals surface area (Å²) >= 11 is 1.76. The monoisotopic (exact) mass is 434 g/mol. The van der Waals surface area contributed by atoms with Crippen LogP contribution in [-0.2, 0) is 4.74 Å². The van der Waals surface area contributed by atoms with Gasteiger partial charge in [0.05, 0.1) is 4.70 Å². The van der Waals surface area contributed by atoms with Crippen LogP contribution in [0.15, 0.2) is 41.8 Å². The molecule has 1 N–H and O–H groups in total. The van der Waals surface area contributed by atoms with E-state index in [0.717, 1.165) is 48.0 Å². The molecular weight excluding hydrogens is 404 g/mol. The van der Waals surface area contributed by atoms with E-state index in [1.165, 1.54) is 55.4 Å². The van der Waals surface area contributed by atoms with Crippen LogP contribution in [0, 0.1) is 17.8 Å². The van der Waals surface area contributed by atoms with Gasteiger partial charge in [0.15, 0.2) is 5.82 Å². The standard InChI is InChI=1S/C25H30N4OS/c1-2-4-18(5-3-1)23-22-8-11-31-24(22)25(28-27-23)26-21-12-19-15-29(16-20(19)13-21)14-17-6-9-30-10-7-17/h1-5,8,11,17,19-21H,6-7,9-10,12-16H2,(H,26,28)/t19-,20+,21+. The Hall–Kier alpha value is -2.02. The lowest BCUT2D eigenvalue weighted by atomic mass is 10.00. The molecule has 1 saturated carbocycles. The Labute approximate surface area is 187 Å². The van der Waals surface area contributed by atoms with Gasteiger partial charge in [-0.05, 0) is 54.9 Å². The zero-order chi connectivity index (χ0) is 20.6. The molecule has 6 heteroatoms. The Morgan fingerprint density at radius 2 is 1.77 bits per heavy atom. The molecule has 3 fully saturated rings. The first-order valence-corrected chi connectivity index (χ1v) is 12.6. The third-order valence-corrected chi connectivity index (χ3v) is 8.38. The molecule has 3 aromatic rings. The van der Waals surface area contributed by atoms with Crippen molar-refractivity contribution in [1.82, 2.24) is 15.1 Å².